The van der Waals surface area contributed by atoms with E-state index in [0.717, 1.165) is 25.7 Å². The first kappa shape index (κ1) is 16.5. The van der Waals surface area contributed by atoms with E-state index >= 15 is 0 Å². The molecule has 0 aliphatic heterocycles. The molecule has 1 aliphatic carbocycles. The second-order valence-electron chi connectivity index (χ2n) is 6.38. The Bertz CT molecular complexity index is 380. The van der Waals surface area contributed by atoms with Crippen molar-refractivity contribution in [2.24, 2.45) is 5.92 Å². The van der Waals surface area contributed by atoms with E-state index in [-0.39, 0.29) is 12.3 Å². The summed E-state index contributed by atoms with van der Waals surface area (Å²) >= 11 is 0. The zero-order valence-electron chi connectivity index (χ0n) is 12.6. The Morgan fingerprint density at radius 2 is 1.90 bits per heavy atom. The SMILES string of the molecule is C=CC[C@@](NC(=O)OC(C)(C)C)(C(=O)O)C1CCCC1. The summed E-state index contributed by atoms with van der Waals surface area (Å²) in [6.07, 6.45) is 4.65. The van der Waals surface area contributed by atoms with Crippen molar-refractivity contribution >= 4 is 12.1 Å². The summed E-state index contributed by atoms with van der Waals surface area (Å²) in [5.74, 6) is -1.10. The summed E-state index contributed by atoms with van der Waals surface area (Å²) in [5, 5.41) is 12.2. The second-order valence-corrected chi connectivity index (χ2v) is 6.38. The van der Waals surface area contributed by atoms with Crippen LogP contribution in [0.2, 0.25) is 0 Å². The van der Waals surface area contributed by atoms with Crippen molar-refractivity contribution in [1.29, 1.82) is 0 Å². The molecule has 1 saturated carbocycles. The van der Waals surface area contributed by atoms with Crippen molar-refractivity contribution in [2.75, 3.05) is 0 Å². The number of alkyl carbamates (subject to hydrolysis) is 1. The molecule has 0 spiro atoms. The van der Waals surface area contributed by atoms with Gasteiger partial charge in [-0.25, -0.2) is 9.59 Å². The van der Waals surface area contributed by atoms with Crippen LogP contribution in [0.4, 0.5) is 4.79 Å². The van der Waals surface area contributed by atoms with Gasteiger partial charge in [0.25, 0.3) is 0 Å². The minimum absolute atomic E-state index is 0.0782. The Kier molecular flexibility index (Phi) is 5.20. The second kappa shape index (κ2) is 6.29. The summed E-state index contributed by atoms with van der Waals surface area (Å²) in [6, 6.07) is 0. The maximum Gasteiger partial charge on any atom is 0.408 e. The number of aliphatic carboxylic acids is 1. The molecule has 0 bridgehead atoms. The number of nitrogens with one attached hydrogen (secondary N) is 1. The summed E-state index contributed by atoms with van der Waals surface area (Å²) in [4.78, 5) is 23.8. The van der Waals surface area contributed by atoms with Crippen molar-refractivity contribution in [3.8, 4) is 0 Å². The molecular weight excluding hydrogens is 258 g/mol. The van der Waals surface area contributed by atoms with Gasteiger partial charge in [0.15, 0.2) is 0 Å². The van der Waals surface area contributed by atoms with Crippen molar-refractivity contribution in [3.63, 3.8) is 0 Å². The molecule has 0 saturated heterocycles. The molecule has 0 aromatic rings. The van der Waals surface area contributed by atoms with Crippen molar-refractivity contribution in [2.45, 2.75) is 64.0 Å². The zero-order valence-corrected chi connectivity index (χ0v) is 12.6. The van der Waals surface area contributed by atoms with E-state index in [4.69, 9.17) is 4.74 Å². The van der Waals surface area contributed by atoms with E-state index in [1.165, 1.54) is 0 Å². The third kappa shape index (κ3) is 3.99. The Labute approximate surface area is 120 Å². The quantitative estimate of drug-likeness (QED) is 0.760. The molecule has 1 amide bonds. The van der Waals surface area contributed by atoms with Gasteiger partial charge >= 0.3 is 12.1 Å². The zero-order chi connectivity index (χ0) is 15.4. The fourth-order valence-corrected chi connectivity index (χ4v) is 2.77. The van der Waals surface area contributed by atoms with Gasteiger partial charge in [-0.2, -0.15) is 0 Å². The van der Waals surface area contributed by atoms with Crippen LogP contribution in [0.15, 0.2) is 12.7 Å². The van der Waals surface area contributed by atoms with Crippen LogP contribution in [0.5, 0.6) is 0 Å². The van der Waals surface area contributed by atoms with E-state index in [1.54, 1.807) is 26.8 Å². The largest absolute Gasteiger partial charge is 0.479 e. The van der Waals surface area contributed by atoms with E-state index in [2.05, 4.69) is 11.9 Å². The van der Waals surface area contributed by atoms with E-state index in [9.17, 15) is 14.7 Å². The Hall–Kier alpha value is -1.52. The topological polar surface area (TPSA) is 75.6 Å². The number of rotatable bonds is 5. The number of ether oxygens (including phenoxy) is 1. The number of hydrogen-bond donors (Lipinski definition) is 2. The van der Waals surface area contributed by atoms with Crippen LogP contribution in [-0.2, 0) is 9.53 Å². The number of carbonyl (C=O) groups is 2. The first-order chi connectivity index (χ1) is 9.21. The van der Waals surface area contributed by atoms with Crippen LogP contribution in [0.3, 0.4) is 0 Å². The average molecular weight is 283 g/mol. The monoisotopic (exact) mass is 283 g/mol. The molecule has 1 fully saturated rings. The lowest BCUT2D eigenvalue weighted by atomic mass is 9.80. The van der Waals surface area contributed by atoms with Gasteiger partial charge in [-0.05, 0) is 46.0 Å². The number of hydrogen-bond acceptors (Lipinski definition) is 3. The smallest absolute Gasteiger partial charge is 0.408 e. The lowest BCUT2D eigenvalue weighted by molar-refractivity contribution is -0.147. The minimum Gasteiger partial charge on any atom is -0.479 e. The molecule has 20 heavy (non-hydrogen) atoms. The standard InChI is InChI=1S/C15H25NO4/c1-5-10-15(12(17)18,11-8-6-7-9-11)16-13(19)20-14(2,3)4/h5,11H,1,6-10H2,2-4H3,(H,16,19)(H,17,18)/t15-/m0/s1. The van der Waals surface area contributed by atoms with E-state index < -0.39 is 23.2 Å². The molecule has 1 rings (SSSR count). The molecule has 0 heterocycles. The minimum atomic E-state index is -1.30. The lowest BCUT2D eigenvalue weighted by Crippen LogP contribution is -2.59. The summed E-state index contributed by atoms with van der Waals surface area (Å²) in [7, 11) is 0. The molecule has 1 aliphatic rings. The number of carboxylic acids is 1. The van der Waals surface area contributed by atoms with Crippen LogP contribution in [0, 0.1) is 5.92 Å². The van der Waals surface area contributed by atoms with Crippen molar-refractivity contribution in [3.05, 3.63) is 12.7 Å². The molecule has 114 valence electrons. The van der Waals surface area contributed by atoms with Gasteiger partial charge in [0.05, 0.1) is 0 Å². The van der Waals surface area contributed by atoms with E-state index in [0.29, 0.717) is 0 Å². The highest BCUT2D eigenvalue weighted by molar-refractivity contribution is 5.85. The van der Waals surface area contributed by atoms with Gasteiger partial charge < -0.3 is 15.2 Å². The van der Waals surface area contributed by atoms with Crippen LogP contribution in [0.25, 0.3) is 0 Å². The molecule has 5 nitrogen and oxygen atoms in total. The maximum absolute atomic E-state index is 12.0. The first-order valence-electron chi connectivity index (χ1n) is 7.07. The number of carboxylic acid groups (broad SMARTS) is 1. The summed E-state index contributed by atoms with van der Waals surface area (Å²) in [5.41, 5.74) is -1.96. The van der Waals surface area contributed by atoms with Gasteiger partial charge in [-0.3, -0.25) is 0 Å². The molecule has 2 N–H and O–H groups in total. The van der Waals surface area contributed by atoms with Gasteiger partial charge in [-0.15, -0.1) is 6.58 Å². The van der Waals surface area contributed by atoms with Gasteiger partial charge in [0.2, 0.25) is 0 Å². The predicted octanol–water partition coefficient (Wildman–Crippen LogP) is 3.10. The third-order valence-electron chi connectivity index (χ3n) is 3.62. The molecule has 0 unspecified atom stereocenters. The number of amides is 1. The first-order valence-corrected chi connectivity index (χ1v) is 7.07. The Morgan fingerprint density at radius 3 is 2.30 bits per heavy atom. The lowest BCUT2D eigenvalue weighted by Gasteiger charge is -2.35. The molecular formula is C15H25NO4. The van der Waals surface area contributed by atoms with Crippen molar-refractivity contribution in [1.82, 2.24) is 5.32 Å². The fraction of sp³-hybridized carbons (Fsp3) is 0.733. The molecule has 0 aromatic heterocycles. The van der Waals surface area contributed by atoms with Crippen LogP contribution >= 0.6 is 0 Å². The maximum atomic E-state index is 12.0. The average Bonchev–Trinajstić information content (AvgIpc) is 2.78. The highest BCUT2D eigenvalue weighted by Crippen LogP contribution is 2.37. The summed E-state index contributed by atoms with van der Waals surface area (Å²) in [6.45, 7) is 8.87. The highest BCUT2D eigenvalue weighted by atomic mass is 16.6. The normalized spacial score (nSPS) is 19.1. The fourth-order valence-electron chi connectivity index (χ4n) is 2.77. The van der Waals surface area contributed by atoms with Crippen LogP contribution < -0.4 is 5.32 Å². The summed E-state index contributed by atoms with van der Waals surface area (Å²) < 4.78 is 5.20. The highest BCUT2D eigenvalue weighted by Gasteiger charge is 2.47. The molecule has 0 radical (unpaired) electrons. The van der Waals surface area contributed by atoms with Gasteiger partial charge in [0, 0.05) is 0 Å². The molecule has 0 aromatic carbocycles. The molecule has 5 heteroatoms. The third-order valence-corrected chi connectivity index (χ3v) is 3.62. The Balaban J connectivity index is 2.94. The predicted molar refractivity (Wildman–Crippen MR) is 76.5 cm³/mol. The van der Waals surface area contributed by atoms with Gasteiger partial charge in [0.1, 0.15) is 11.1 Å². The van der Waals surface area contributed by atoms with Crippen molar-refractivity contribution < 1.29 is 19.4 Å². The van der Waals surface area contributed by atoms with Crippen LogP contribution in [-0.4, -0.2) is 28.3 Å². The van der Waals surface area contributed by atoms with Crippen LogP contribution in [0.1, 0.15) is 52.9 Å². The molecule has 1 atom stereocenters. The Morgan fingerprint density at radius 1 is 1.35 bits per heavy atom. The number of carbonyl (C=O) groups excluding carboxylic acids is 1. The van der Waals surface area contributed by atoms with E-state index in [1.807, 2.05) is 0 Å². The van der Waals surface area contributed by atoms with Gasteiger partial charge in [-0.1, -0.05) is 18.9 Å².